The summed E-state index contributed by atoms with van der Waals surface area (Å²) in [6.45, 7) is 3.03. The Morgan fingerprint density at radius 1 is 1.39 bits per heavy atom. The minimum absolute atomic E-state index is 0.0248. The first kappa shape index (κ1) is 18.4. The van der Waals surface area contributed by atoms with Crippen LogP contribution in [-0.2, 0) is 16.6 Å². The maximum Gasteiger partial charge on any atom is 0.275 e. The molecule has 28 heavy (non-hydrogen) atoms. The molecule has 2 amide bonds. The van der Waals surface area contributed by atoms with Crippen LogP contribution in [0.3, 0.4) is 0 Å². The van der Waals surface area contributed by atoms with Crippen molar-refractivity contribution in [1.29, 1.82) is 0 Å². The van der Waals surface area contributed by atoms with Crippen LogP contribution in [0.2, 0.25) is 0 Å². The molecular formula is C19H24N6O3. The van der Waals surface area contributed by atoms with E-state index in [2.05, 4.69) is 20.7 Å². The fourth-order valence-corrected chi connectivity index (χ4v) is 3.56. The van der Waals surface area contributed by atoms with Gasteiger partial charge in [0.2, 0.25) is 5.91 Å². The number of carbonyl (C=O) groups excluding carboxylic acids is 2. The molecule has 0 aromatic carbocycles. The Morgan fingerprint density at radius 3 is 3.07 bits per heavy atom. The smallest absolute Gasteiger partial charge is 0.275 e. The van der Waals surface area contributed by atoms with Gasteiger partial charge in [-0.05, 0) is 25.0 Å². The van der Waals surface area contributed by atoms with Crippen molar-refractivity contribution in [3.05, 3.63) is 35.8 Å². The molecule has 2 aliphatic rings. The van der Waals surface area contributed by atoms with Crippen molar-refractivity contribution in [2.75, 3.05) is 43.1 Å². The molecule has 0 saturated carbocycles. The number of hydrogen-bond acceptors (Lipinski definition) is 6. The number of carbonyl (C=O) groups is 2. The summed E-state index contributed by atoms with van der Waals surface area (Å²) >= 11 is 0. The molecular weight excluding hydrogens is 360 g/mol. The summed E-state index contributed by atoms with van der Waals surface area (Å²) in [7, 11) is 1.80. The Hall–Kier alpha value is -2.94. The monoisotopic (exact) mass is 384 g/mol. The molecule has 2 aromatic heterocycles. The summed E-state index contributed by atoms with van der Waals surface area (Å²) in [4.78, 5) is 30.4. The highest BCUT2D eigenvalue weighted by Gasteiger charge is 2.22. The zero-order valence-corrected chi connectivity index (χ0v) is 15.9. The normalized spacial score (nSPS) is 20.0. The van der Waals surface area contributed by atoms with Crippen LogP contribution in [0.1, 0.15) is 34.9 Å². The molecule has 0 bridgehead atoms. The molecule has 1 atom stereocenters. The topological polar surface area (TPSA) is 101 Å². The van der Waals surface area contributed by atoms with E-state index in [-0.39, 0.29) is 24.3 Å². The summed E-state index contributed by atoms with van der Waals surface area (Å²) in [5.74, 6) is 0.549. The molecule has 0 spiro atoms. The van der Waals surface area contributed by atoms with Crippen LogP contribution < -0.4 is 15.5 Å². The molecule has 2 aliphatic heterocycles. The Kier molecular flexibility index (Phi) is 5.25. The third kappa shape index (κ3) is 3.99. The van der Waals surface area contributed by atoms with E-state index < -0.39 is 0 Å². The highest BCUT2D eigenvalue weighted by Crippen LogP contribution is 2.26. The second-order valence-electron chi connectivity index (χ2n) is 7.12. The van der Waals surface area contributed by atoms with Crippen molar-refractivity contribution in [2.45, 2.75) is 18.8 Å². The molecule has 2 fully saturated rings. The molecule has 9 nitrogen and oxygen atoms in total. The number of aromatic nitrogens is 3. The van der Waals surface area contributed by atoms with Gasteiger partial charge in [-0.2, -0.15) is 5.10 Å². The van der Waals surface area contributed by atoms with Crippen molar-refractivity contribution >= 4 is 23.3 Å². The van der Waals surface area contributed by atoms with E-state index in [0.29, 0.717) is 31.2 Å². The number of pyridine rings is 1. The molecule has 9 heteroatoms. The molecule has 4 heterocycles. The SMILES string of the molecule is Cn1nc(C2CCCOC2)cc1NC(=O)c1cc(N2CCNC(=O)C2)ccn1. The third-order valence-corrected chi connectivity index (χ3v) is 5.10. The van der Waals surface area contributed by atoms with Crippen molar-refractivity contribution < 1.29 is 14.3 Å². The number of nitrogens with zero attached hydrogens (tertiary/aromatic N) is 4. The molecule has 0 radical (unpaired) electrons. The van der Waals surface area contributed by atoms with E-state index in [1.165, 1.54) is 0 Å². The van der Waals surface area contributed by atoms with Gasteiger partial charge in [-0.1, -0.05) is 0 Å². The van der Waals surface area contributed by atoms with Gasteiger partial charge in [0, 0.05) is 50.6 Å². The van der Waals surface area contributed by atoms with Gasteiger partial charge in [-0.3, -0.25) is 19.3 Å². The van der Waals surface area contributed by atoms with E-state index in [0.717, 1.165) is 30.8 Å². The molecule has 0 aliphatic carbocycles. The van der Waals surface area contributed by atoms with Crippen LogP contribution in [0.5, 0.6) is 0 Å². The van der Waals surface area contributed by atoms with Crippen molar-refractivity contribution in [2.24, 2.45) is 7.05 Å². The molecule has 148 valence electrons. The lowest BCUT2D eigenvalue weighted by molar-refractivity contribution is -0.120. The van der Waals surface area contributed by atoms with E-state index in [1.807, 2.05) is 11.0 Å². The molecule has 1 unspecified atom stereocenters. The Morgan fingerprint density at radius 2 is 2.29 bits per heavy atom. The van der Waals surface area contributed by atoms with Gasteiger partial charge in [0.05, 0.1) is 18.8 Å². The predicted molar refractivity (Wildman–Crippen MR) is 103 cm³/mol. The summed E-state index contributed by atoms with van der Waals surface area (Å²) in [6, 6.07) is 5.41. The lowest BCUT2D eigenvalue weighted by Gasteiger charge is -2.28. The van der Waals surface area contributed by atoms with E-state index in [9.17, 15) is 9.59 Å². The number of rotatable bonds is 4. The lowest BCUT2D eigenvalue weighted by Crippen LogP contribution is -2.47. The summed E-state index contributed by atoms with van der Waals surface area (Å²) in [6.07, 6.45) is 3.65. The van der Waals surface area contributed by atoms with Gasteiger partial charge < -0.3 is 20.3 Å². The van der Waals surface area contributed by atoms with E-state index in [1.54, 1.807) is 30.1 Å². The number of nitrogens with one attached hydrogen (secondary N) is 2. The van der Waals surface area contributed by atoms with Crippen LogP contribution in [0.15, 0.2) is 24.4 Å². The van der Waals surface area contributed by atoms with Gasteiger partial charge in [0.15, 0.2) is 0 Å². The lowest BCUT2D eigenvalue weighted by atomic mass is 9.99. The third-order valence-electron chi connectivity index (χ3n) is 5.10. The molecule has 2 N–H and O–H groups in total. The highest BCUT2D eigenvalue weighted by atomic mass is 16.5. The number of anilines is 2. The van der Waals surface area contributed by atoms with Crippen molar-refractivity contribution in [3.8, 4) is 0 Å². The first-order valence-corrected chi connectivity index (χ1v) is 9.51. The van der Waals surface area contributed by atoms with Crippen molar-refractivity contribution in [3.63, 3.8) is 0 Å². The van der Waals surface area contributed by atoms with Gasteiger partial charge in [0.25, 0.3) is 5.91 Å². The van der Waals surface area contributed by atoms with Crippen LogP contribution in [-0.4, -0.2) is 59.4 Å². The van der Waals surface area contributed by atoms with Crippen LogP contribution in [0, 0.1) is 0 Å². The van der Waals surface area contributed by atoms with E-state index in [4.69, 9.17) is 4.74 Å². The van der Waals surface area contributed by atoms with Crippen LogP contribution in [0.25, 0.3) is 0 Å². The van der Waals surface area contributed by atoms with Crippen molar-refractivity contribution in [1.82, 2.24) is 20.1 Å². The average molecular weight is 384 g/mol. The summed E-state index contributed by atoms with van der Waals surface area (Å²) in [5.41, 5.74) is 2.03. The second-order valence-corrected chi connectivity index (χ2v) is 7.12. The molecule has 2 saturated heterocycles. The van der Waals surface area contributed by atoms with Gasteiger partial charge in [-0.25, -0.2) is 0 Å². The van der Waals surface area contributed by atoms with Gasteiger partial charge in [-0.15, -0.1) is 0 Å². The van der Waals surface area contributed by atoms with E-state index >= 15 is 0 Å². The number of ether oxygens (including phenoxy) is 1. The Bertz CT molecular complexity index is 874. The Balaban J connectivity index is 1.47. The fraction of sp³-hybridized carbons (Fsp3) is 0.474. The number of hydrogen-bond donors (Lipinski definition) is 2. The second kappa shape index (κ2) is 7.97. The average Bonchev–Trinajstić information content (AvgIpc) is 3.09. The standard InChI is InChI=1S/C19H24N6O3/c1-24-17(10-15(23-24)13-3-2-8-28-12-13)22-19(27)16-9-14(4-5-20-16)25-7-6-21-18(26)11-25/h4-5,9-10,13H,2-3,6-8,11-12H2,1H3,(H,21,26)(H,22,27). The van der Waals surface area contributed by atoms with Gasteiger partial charge in [0.1, 0.15) is 11.5 Å². The number of aryl methyl sites for hydroxylation is 1. The minimum Gasteiger partial charge on any atom is -0.381 e. The summed E-state index contributed by atoms with van der Waals surface area (Å²) in [5, 5.41) is 10.2. The predicted octanol–water partition coefficient (Wildman–Crippen LogP) is 0.898. The number of amides is 2. The zero-order valence-electron chi connectivity index (χ0n) is 15.9. The maximum atomic E-state index is 12.7. The Labute approximate surface area is 163 Å². The highest BCUT2D eigenvalue weighted by molar-refractivity contribution is 6.03. The van der Waals surface area contributed by atoms with Crippen LogP contribution >= 0.6 is 0 Å². The summed E-state index contributed by atoms with van der Waals surface area (Å²) < 4.78 is 7.20. The quantitative estimate of drug-likeness (QED) is 0.812. The number of piperazine rings is 1. The molecule has 4 rings (SSSR count). The fourth-order valence-electron chi connectivity index (χ4n) is 3.56. The zero-order chi connectivity index (χ0) is 19.5. The minimum atomic E-state index is -0.308. The first-order valence-electron chi connectivity index (χ1n) is 9.51. The first-order chi connectivity index (χ1) is 13.6. The molecule has 2 aromatic rings. The maximum absolute atomic E-state index is 12.7. The van der Waals surface area contributed by atoms with Crippen LogP contribution in [0.4, 0.5) is 11.5 Å². The van der Waals surface area contributed by atoms with Gasteiger partial charge >= 0.3 is 0 Å². The largest absolute Gasteiger partial charge is 0.381 e.